The Balaban J connectivity index is 1.96. The maximum absolute atomic E-state index is 13.0. The normalized spacial score (nSPS) is 12.2. The van der Waals surface area contributed by atoms with E-state index in [1.54, 1.807) is 0 Å². The van der Waals surface area contributed by atoms with Gasteiger partial charge in [-0.15, -0.1) is 0 Å². The van der Waals surface area contributed by atoms with Gasteiger partial charge in [-0.1, -0.05) is 37.6 Å². The molecule has 0 saturated carbocycles. The topological polar surface area (TPSA) is 29.5 Å². The SMILES string of the molecule is CCCc1ccc(C(O)COc2cc(F)cc(F)c2)cc1. The lowest BCUT2D eigenvalue weighted by Gasteiger charge is -2.13. The van der Waals surface area contributed by atoms with Crippen LogP contribution in [0.25, 0.3) is 0 Å². The Bertz CT molecular complexity index is 562. The number of aliphatic hydroxyl groups excluding tert-OH is 1. The fraction of sp³-hybridized carbons (Fsp3) is 0.294. The molecule has 0 aliphatic rings. The molecule has 21 heavy (non-hydrogen) atoms. The average molecular weight is 292 g/mol. The Kier molecular flexibility index (Phi) is 5.28. The minimum absolute atomic E-state index is 0.0595. The van der Waals surface area contributed by atoms with E-state index in [4.69, 9.17) is 4.74 Å². The summed E-state index contributed by atoms with van der Waals surface area (Å²) in [5.74, 6) is -1.35. The van der Waals surface area contributed by atoms with Gasteiger partial charge in [0.05, 0.1) is 0 Å². The van der Waals surface area contributed by atoms with Gasteiger partial charge in [-0.3, -0.25) is 0 Å². The number of hydrogen-bond donors (Lipinski definition) is 1. The summed E-state index contributed by atoms with van der Waals surface area (Å²) in [6.07, 6.45) is 1.22. The molecule has 0 spiro atoms. The van der Waals surface area contributed by atoms with E-state index in [-0.39, 0.29) is 12.4 Å². The first kappa shape index (κ1) is 15.4. The van der Waals surface area contributed by atoms with Crippen molar-refractivity contribution in [1.29, 1.82) is 0 Å². The van der Waals surface area contributed by atoms with Crippen molar-refractivity contribution in [2.75, 3.05) is 6.61 Å². The van der Waals surface area contributed by atoms with Gasteiger partial charge in [0.1, 0.15) is 30.1 Å². The minimum atomic E-state index is -0.841. The lowest BCUT2D eigenvalue weighted by Crippen LogP contribution is -2.10. The van der Waals surface area contributed by atoms with Crippen molar-refractivity contribution >= 4 is 0 Å². The molecule has 0 saturated heterocycles. The summed E-state index contributed by atoms with van der Waals surface area (Å²) in [7, 11) is 0. The molecule has 1 unspecified atom stereocenters. The fourth-order valence-electron chi connectivity index (χ4n) is 2.08. The molecule has 0 aromatic heterocycles. The minimum Gasteiger partial charge on any atom is -0.490 e. The summed E-state index contributed by atoms with van der Waals surface area (Å²) in [5, 5.41) is 10.0. The van der Waals surface area contributed by atoms with Crippen molar-refractivity contribution in [3.63, 3.8) is 0 Å². The van der Waals surface area contributed by atoms with Gasteiger partial charge in [0.15, 0.2) is 0 Å². The van der Waals surface area contributed by atoms with Crippen LogP contribution in [0, 0.1) is 11.6 Å². The molecule has 1 atom stereocenters. The van der Waals surface area contributed by atoms with Crippen molar-refractivity contribution in [3.8, 4) is 5.75 Å². The third kappa shape index (κ3) is 4.53. The monoisotopic (exact) mass is 292 g/mol. The van der Waals surface area contributed by atoms with Gasteiger partial charge in [0, 0.05) is 18.2 Å². The zero-order chi connectivity index (χ0) is 15.2. The highest BCUT2D eigenvalue weighted by Crippen LogP contribution is 2.19. The van der Waals surface area contributed by atoms with Gasteiger partial charge >= 0.3 is 0 Å². The Morgan fingerprint density at radius 1 is 1.05 bits per heavy atom. The van der Waals surface area contributed by atoms with E-state index in [0.717, 1.165) is 31.0 Å². The highest BCUT2D eigenvalue weighted by atomic mass is 19.1. The summed E-state index contributed by atoms with van der Waals surface area (Å²) in [6, 6.07) is 10.5. The van der Waals surface area contributed by atoms with Gasteiger partial charge in [-0.2, -0.15) is 0 Å². The van der Waals surface area contributed by atoms with Crippen LogP contribution in [-0.4, -0.2) is 11.7 Å². The van der Waals surface area contributed by atoms with Gasteiger partial charge < -0.3 is 9.84 Å². The van der Waals surface area contributed by atoms with Gasteiger partial charge in [0.2, 0.25) is 0 Å². The van der Waals surface area contributed by atoms with Crippen LogP contribution in [0.5, 0.6) is 5.75 Å². The van der Waals surface area contributed by atoms with E-state index in [9.17, 15) is 13.9 Å². The van der Waals surface area contributed by atoms with E-state index in [0.29, 0.717) is 5.56 Å². The molecular weight excluding hydrogens is 274 g/mol. The van der Waals surface area contributed by atoms with E-state index >= 15 is 0 Å². The largest absolute Gasteiger partial charge is 0.490 e. The van der Waals surface area contributed by atoms with Crippen LogP contribution in [0.2, 0.25) is 0 Å². The van der Waals surface area contributed by atoms with Crippen LogP contribution in [0.3, 0.4) is 0 Å². The molecule has 4 heteroatoms. The van der Waals surface area contributed by atoms with Crippen molar-refractivity contribution < 1.29 is 18.6 Å². The number of aliphatic hydroxyl groups is 1. The van der Waals surface area contributed by atoms with Crippen molar-refractivity contribution in [3.05, 3.63) is 65.2 Å². The Hall–Kier alpha value is -1.94. The highest BCUT2D eigenvalue weighted by Gasteiger charge is 2.09. The lowest BCUT2D eigenvalue weighted by atomic mass is 10.0. The maximum Gasteiger partial charge on any atom is 0.129 e. The summed E-state index contributed by atoms with van der Waals surface area (Å²) in [6.45, 7) is 2.05. The number of aryl methyl sites for hydroxylation is 1. The number of rotatable bonds is 6. The molecule has 0 fully saturated rings. The predicted molar refractivity (Wildman–Crippen MR) is 77.2 cm³/mol. The molecule has 0 amide bonds. The third-order valence-electron chi connectivity index (χ3n) is 3.15. The Labute approximate surface area is 123 Å². The van der Waals surface area contributed by atoms with Crippen molar-refractivity contribution in [1.82, 2.24) is 0 Å². The molecule has 1 N–H and O–H groups in total. The second kappa shape index (κ2) is 7.18. The average Bonchev–Trinajstić information content (AvgIpc) is 2.45. The second-order valence-electron chi connectivity index (χ2n) is 4.92. The van der Waals surface area contributed by atoms with Crippen molar-refractivity contribution in [2.24, 2.45) is 0 Å². The molecule has 112 valence electrons. The third-order valence-corrected chi connectivity index (χ3v) is 3.15. The molecule has 0 aliphatic heterocycles. The molecule has 2 aromatic rings. The second-order valence-corrected chi connectivity index (χ2v) is 4.92. The fourth-order valence-corrected chi connectivity index (χ4v) is 2.08. The van der Waals surface area contributed by atoms with E-state index in [1.165, 1.54) is 5.56 Å². The highest BCUT2D eigenvalue weighted by molar-refractivity contribution is 5.26. The molecule has 0 aliphatic carbocycles. The van der Waals surface area contributed by atoms with Crippen LogP contribution in [0.4, 0.5) is 8.78 Å². The number of halogens is 2. The number of hydrogen-bond acceptors (Lipinski definition) is 2. The smallest absolute Gasteiger partial charge is 0.129 e. The van der Waals surface area contributed by atoms with Gasteiger partial charge in [-0.25, -0.2) is 8.78 Å². The van der Waals surface area contributed by atoms with E-state index in [2.05, 4.69) is 6.92 Å². The summed E-state index contributed by atoms with van der Waals surface area (Å²) in [4.78, 5) is 0. The standard InChI is InChI=1S/C17H18F2O2/c1-2-3-12-4-6-13(7-5-12)17(20)11-21-16-9-14(18)8-15(19)10-16/h4-10,17,20H,2-3,11H2,1H3. The molecule has 0 radical (unpaired) electrons. The van der Waals surface area contributed by atoms with Crippen molar-refractivity contribution in [2.45, 2.75) is 25.9 Å². The first-order valence-electron chi connectivity index (χ1n) is 6.94. The molecule has 2 aromatic carbocycles. The molecular formula is C17H18F2O2. The molecule has 0 heterocycles. The van der Waals surface area contributed by atoms with E-state index in [1.807, 2.05) is 24.3 Å². The summed E-state index contributed by atoms with van der Waals surface area (Å²) >= 11 is 0. The summed E-state index contributed by atoms with van der Waals surface area (Å²) < 4.78 is 31.3. The van der Waals surface area contributed by atoms with Crippen LogP contribution in [-0.2, 0) is 6.42 Å². The van der Waals surface area contributed by atoms with E-state index < -0.39 is 17.7 Å². The van der Waals surface area contributed by atoms with Crippen LogP contribution < -0.4 is 4.74 Å². The Morgan fingerprint density at radius 2 is 1.67 bits per heavy atom. The Morgan fingerprint density at radius 3 is 2.24 bits per heavy atom. The van der Waals surface area contributed by atoms with Crippen LogP contribution in [0.15, 0.2) is 42.5 Å². The predicted octanol–water partition coefficient (Wildman–Crippen LogP) is 4.03. The van der Waals surface area contributed by atoms with Gasteiger partial charge in [-0.05, 0) is 17.5 Å². The summed E-state index contributed by atoms with van der Waals surface area (Å²) in [5.41, 5.74) is 1.92. The first-order valence-corrected chi connectivity index (χ1v) is 6.94. The van der Waals surface area contributed by atoms with Crippen LogP contribution in [0.1, 0.15) is 30.6 Å². The molecule has 2 nitrogen and oxygen atoms in total. The first-order chi connectivity index (χ1) is 10.1. The maximum atomic E-state index is 13.0. The quantitative estimate of drug-likeness (QED) is 0.871. The number of ether oxygens (including phenoxy) is 1. The van der Waals surface area contributed by atoms with Crippen LogP contribution >= 0.6 is 0 Å². The molecule has 0 bridgehead atoms. The zero-order valence-electron chi connectivity index (χ0n) is 11.9. The zero-order valence-corrected chi connectivity index (χ0v) is 11.9. The van der Waals surface area contributed by atoms with Gasteiger partial charge in [0.25, 0.3) is 0 Å². The molecule has 2 rings (SSSR count). The lowest BCUT2D eigenvalue weighted by molar-refractivity contribution is 0.108. The number of benzene rings is 2.